The van der Waals surface area contributed by atoms with Crippen LogP contribution in [0.15, 0.2) is 58.2 Å². The summed E-state index contributed by atoms with van der Waals surface area (Å²) in [5, 5.41) is 11.0. The molecule has 0 amide bonds. The molecule has 5 rings (SSSR count). The normalized spacial score (nSPS) is 18.6. The summed E-state index contributed by atoms with van der Waals surface area (Å²) in [6, 6.07) is 12.3. The van der Waals surface area contributed by atoms with Gasteiger partial charge in [-0.05, 0) is 42.3 Å². The Morgan fingerprint density at radius 2 is 2.14 bits per heavy atom. The number of aryl methyl sites for hydroxylation is 1. The number of fused-ring (bicyclic) bond motifs is 1. The number of allylic oxidation sites excluding steroid dienone is 2. The number of nitrogens with one attached hydrogen (secondary N) is 1. The zero-order valence-electron chi connectivity index (χ0n) is 15.5. The van der Waals surface area contributed by atoms with E-state index in [0.29, 0.717) is 6.42 Å². The van der Waals surface area contributed by atoms with E-state index in [9.17, 15) is 4.79 Å². The highest BCUT2D eigenvalue weighted by molar-refractivity contribution is 7.98. The number of rotatable bonds is 4. The Labute approximate surface area is 171 Å². The van der Waals surface area contributed by atoms with Crippen molar-refractivity contribution in [3.05, 3.63) is 69.1 Å². The van der Waals surface area contributed by atoms with E-state index < -0.39 is 0 Å². The quantitative estimate of drug-likeness (QED) is 0.618. The summed E-state index contributed by atoms with van der Waals surface area (Å²) in [4.78, 5) is 18.6. The van der Waals surface area contributed by atoms with Gasteiger partial charge in [-0.2, -0.15) is 4.98 Å². The van der Waals surface area contributed by atoms with Gasteiger partial charge < -0.3 is 5.32 Å². The van der Waals surface area contributed by atoms with Gasteiger partial charge in [0.2, 0.25) is 11.1 Å². The highest BCUT2D eigenvalue weighted by atomic mass is 32.2. The molecule has 142 valence electrons. The van der Waals surface area contributed by atoms with Crippen molar-refractivity contribution < 1.29 is 4.79 Å². The number of benzene rings is 1. The summed E-state index contributed by atoms with van der Waals surface area (Å²) in [6.07, 6.45) is 2.40. The average Bonchev–Trinajstić information content (AvgIpc) is 3.35. The molecule has 5 nitrogen and oxygen atoms in total. The van der Waals surface area contributed by atoms with Crippen molar-refractivity contribution in [1.82, 2.24) is 14.8 Å². The van der Waals surface area contributed by atoms with E-state index in [1.165, 1.54) is 11.1 Å². The Morgan fingerprint density at radius 3 is 2.96 bits per heavy atom. The Balaban J connectivity index is 1.49. The summed E-state index contributed by atoms with van der Waals surface area (Å²) in [6.45, 7) is 2.12. The van der Waals surface area contributed by atoms with Crippen molar-refractivity contribution in [3.63, 3.8) is 0 Å². The Bertz CT molecular complexity index is 1070. The first-order valence-electron chi connectivity index (χ1n) is 9.41. The van der Waals surface area contributed by atoms with Crippen LogP contribution in [0.1, 0.15) is 41.3 Å². The van der Waals surface area contributed by atoms with E-state index in [1.807, 2.05) is 10.7 Å². The van der Waals surface area contributed by atoms with Gasteiger partial charge in [-0.25, -0.2) is 4.68 Å². The lowest BCUT2D eigenvalue weighted by atomic mass is 9.88. The van der Waals surface area contributed by atoms with E-state index >= 15 is 0 Å². The molecule has 0 fully saturated rings. The molecule has 0 saturated heterocycles. The number of ketones is 1. The molecule has 1 aliphatic carbocycles. The molecule has 2 aromatic heterocycles. The molecule has 0 saturated carbocycles. The van der Waals surface area contributed by atoms with Crippen LogP contribution in [-0.2, 0) is 10.5 Å². The number of thiophene rings is 1. The first kappa shape index (κ1) is 17.7. The molecule has 2 aliphatic rings. The number of carbonyl (C=O) groups is 1. The predicted molar refractivity (Wildman–Crippen MR) is 113 cm³/mol. The number of aromatic nitrogens is 3. The van der Waals surface area contributed by atoms with Gasteiger partial charge in [-0.1, -0.05) is 42.1 Å². The Hall–Kier alpha value is -2.38. The molecule has 7 heteroatoms. The average molecular weight is 409 g/mol. The third-order valence-electron chi connectivity index (χ3n) is 5.28. The van der Waals surface area contributed by atoms with Crippen LogP contribution in [0.3, 0.4) is 0 Å². The number of anilines is 1. The van der Waals surface area contributed by atoms with Crippen molar-refractivity contribution in [2.45, 2.75) is 43.1 Å². The molecule has 1 atom stereocenters. The molecule has 0 radical (unpaired) electrons. The summed E-state index contributed by atoms with van der Waals surface area (Å²) < 4.78 is 1.90. The fraction of sp³-hybridized carbons (Fsp3) is 0.286. The van der Waals surface area contributed by atoms with Crippen LogP contribution in [0.5, 0.6) is 0 Å². The molecule has 0 spiro atoms. The maximum Gasteiger partial charge on any atom is 0.227 e. The second-order valence-electron chi connectivity index (χ2n) is 7.09. The molecule has 1 aromatic carbocycles. The van der Waals surface area contributed by atoms with Gasteiger partial charge >= 0.3 is 0 Å². The van der Waals surface area contributed by atoms with Crippen LogP contribution in [0.4, 0.5) is 5.95 Å². The topological polar surface area (TPSA) is 59.8 Å². The number of carbonyl (C=O) groups excluding carboxylic acids is 1. The number of hydrogen-bond acceptors (Lipinski definition) is 6. The second-order valence-corrected chi connectivity index (χ2v) is 9.01. The molecule has 1 aliphatic heterocycles. The van der Waals surface area contributed by atoms with Crippen molar-refractivity contribution in [1.29, 1.82) is 0 Å². The van der Waals surface area contributed by atoms with E-state index in [0.717, 1.165) is 45.8 Å². The van der Waals surface area contributed by atoms with Crippen LogP contribution in [-0.4, -0.2) is 20.5 Å². The molecule has 28 heavy (non-hydrogen) atoms. The van der Waals surface area contributed by atoms with E-state index in [1.54, 1.807) is 23.1 Å². The lowest BCUT2D eigenvalue weighted by Gasteiger charge is -2.31. The van der Waals surface area contributed by atoms with Gasteiger partial charge in [-0.15, -0.1) is 16.4 Å². The van der Waals surface area contributed by atoms with Gasteiger partial charge in [0.25, 0.3) is 0 Å². The SMILES string of the molecule is Cc1ccccc1CSc1nc2n(n1)[C@@H](c1cccs1)C1=C(CCCC1=O)N2. The third kappa shape index (κ3) is 3.08. The van der Waals surface area contributed by atoms with Crippen LogP contribution in [0, 0.1) is 6.92 Å². The minimum absolute atomic E-state index is 0.167. The number of nitrogens with zero attached hydrogens (tertiary/aromatic N) is 3. The molecule has 3 heterocycles. The molecule has 3 aromatic rings. The molecular formula is C21H20N4OS2. The smallest absolute Gasteiger partial charge is 0.227 e. The zero-order valence-corrected chi connectivity index (χ0v) is 17.1. The van der Waals surface area contributed by atoms with Crippen LogP contribution < -0.4 is 5.32 Å². The molecule has 0 bridgehead atoms. The number of thioether (sulfide) groups is 1. The van der Waals surface area contributed by atoms with Gasteiger partial charge in [0.05, 0.1) is 0 Å². The lowest BCUT2D eigenvalue weighted by molar-refractivity contribution is -0.116. The van der Waals surface area contributed by atoms with Gasteiger partial charge in [0.15, 0.2) is 5.78 Å². The summed E-state index contributed by atoms with van der Waals surface area (Å²) in [5.41, 5.74) is 4.44. The Morgan fingerprint density at radius 1 is 1.25 bits per heavy atom. The largest absolute Gasteiger partial charge is 0.328 e. The highest BCUT2D eigenvalue weighted by Crippen LogP contribution is 2.41. The Kier molecular flexibility index (Phi) is 4.56. The van der Waals surface area contributed by atoms with E-state index in [2.05, 4.69) is 48.0 Å². The zero-order chi connectivity index (χ0) is 19.1. The van der Waals surface area contributed by atoms with Crippen LogP contribution in [0.25, 0.3) is 0 Å². The standard InChI is InChI=1S/C21H20N4OS2/c1-13-6-2-3-7-14(13)12-28-21-23-20-22-15-8-4-9-16(26)18(15)19(25(20)24-21)17-10-5-11-27-17/h2-3,5-7,10-11,19H,4,8-9,12H2,1H3,(H,22,23,24)/t19-/m0/s1. The number of hydrogen-bond donors (Lipinski definition) is 1. The van der Waals surface area contributed by atoms with Crippen molar-refractivity contribution >= 4 is 34.8 Å². The fourth-order valence-electron chi connectivity index (χ4n) is 3.82. The minimum Gasteiger partial charge on any atom is -0.328 e. The monoisotopic (exact) mass is 408 g/mol. The van der Waals surface area contributed by atoms with Gasteiger partial charge in [0, 0.05) is 28.3 Å². The van der Waals surface area contributed by atoms with Gasteiger partial charge in [-0.3, -0.25) is 4.79 Å². The van der Waals surface area contributed by atoms with E-state index in [4.69, 9.17) is 10.1 Å². The lowest BCUT2D eigenvalue weighted by Crippen LogP contribution is -2.31. The number of Topliss-reactive ketones (excluding diaryl/α,β-unsaturated/α-hetero) is 1. The fourth-order valence-corrected chi connectivity index (χ4v) is 5.55. The second kappa shape index (κ2) is 7.22. The van der Waals surface area contributed by atoms with Crippen LogP contribution in [0.2, 0.25) is 0 Å². The minimum atomic E-state index is -0.167. The predicted octanol–water partition coefficient (Wildman–Crippen LogP) is 4.96. The third-order valence-corrected chi connectivity index (χ3v) is 7.09. The van der Waals surface area contributed by atoms with Crippen LogP contribution >= 0.6 is 23.1 Å². The summed E-state index contributed by atoms with van der Waals surface area (Å²) >= 11 is 3.29. The highest BCUT2D eigenvalue weighted by Gasteiger charge is 2.37. The summed E-state index contributed by atoms with van der Waals surface area (Å²) in [7, 11) is 0. The molecular weight excluding hydrogens is 388 g/mol. The van der Waals surface area contributed by atoms with Gasteiger partial charge in [0.1, 0.15) is 6.04 Å². The summed E-state index contributed by atoms with van der Waals surface area (Å²) in [5.74, 6) is 1.79. The molecule has 1 N–H and O–H groups in total. The van der Waals surface area contributed by atoms with E-state index in [-0.39, 0.29) is 11.8 Å². The maximum atomic E-state index is 12.7. The van der Waals surface area contributed by atoms with Crippen molar-refractivity contribution in [2.24, 2.45) is 0 Å². The van der Waals surface area contributed by atoms with Crippen molar-refractivity contribution in [3.8, 4) is 0 Å². The molecule has 0 unspecified atom stereocenters. The van der Waals surface area contributed by atoms with Crippen molar-refractivity contribution in [2.75, 3.05) is 5.32 Å². The first-order chi connectivity index (χ1) is 13.7. The maximum absolute atomic E-state index is 12.7. The first-order valence-corrected chi connectivity index (χ1v) is 11.3.